The van der Waals surface area contributed by atoms with Gasteiger partial charge in [0.2, 0.25) is 5.91 Å². The fraction of sp³-hybridized carbons (Fsp3) is 0.533. The number of nitrogens with zero attached hydrogens (tertiary/aromatic N) is 1. The van der Waals surface area contributed by atoms with Gasteiger partial charge in [-0.05, 0) is 43.5 Å². The summed E-state index contributed by atoms with van der Waals surface area (Å²) in [6.45, 7) is 4.74. The standard InChI is InChI=1S/C15H22ClN3O/c1-2-7-18-10-11-5-6-12(9-13(11)16)19-8-3-4-14(19)15(17)20/h5-6,9,14,18H,2-4,7-8,10H2,1H3,(H2,17,20). The smallest absolute Gasteiger partial charge is 0.240 e. The van der Waals surface area contributed by atoms with Crippen molar-refractivity contribution in [2.75, 3.05) is 18.0 Å². The number of carbonyl (C=O) groups excluding carboxylic acids is 1. The van der Waals surface area contributed by atoms with E-state index in [1.54, 1.807) is 0 Å². The molecule has 2 rings (SSSR count). The van der Waals surface area contributed by atoms with Gasteiger partial charge in [-0.1, -0.05) is 24.6 Å². The van der Waals surface area contributed by atoms with E-state index in [0.717, 1.165) is 55.2 Å². The highest BCUT2D eigenvalue weighted by Crippen LogP contribution is 2.29. The summed E-state index contributed by atoms with van der Waals surface area (Å²) in [5.41, 5.74) is 7.51. The molecule has 0 aromatic heterocycles. The number of rotatable bonds is 6. The molecule has 0 spiro atoms. The maximum atomic E-state index is 11.4. The maximum absolute atomic E-state index is 11.4. The van der Waals surface area contributed by atoms with Crippen LogP contribution >= 0.6 is 11.6 Å². The van der Waals surface area contributed by atoms with Crippen molar-refractivity contribution in [2.45, 2.75) is 38.8 Å². The molecule has 1 aromatic rings. The molecule has 1 heterocycles. The second-order valence-electron chi connectivity index (χ2n) is 5.21. The minimum Gasteiger partial charge on any atom is -0.368 e. The highest BCUT2D eigenvalue weighted by atomic mass is 35.5. The van der Waals surface area contributed by atoms with Gasteiger partial charge in [0.15, 0.2) is 0 Å². The Balaban J connectivity index is 2.10. The number of primary amides is 1. The molecule has 4 nitrogen and oxygen atoms in total. The summed E-state index contributed by atoms with van der Waals surface area (Å²) in [4.78, 5) is 13.5. The Bertz CT molecular complexity index is 478. The zero-order valence-electron chi connectivity index (χ0n) is 11.9. The first-order chi connectivity index (χ1) is 9.63. The Labute approximate surface area is 125 Å². The summed E-state index contributed by atoms with van der Waals surface area (Å²) in [7, 11) is 0. The van der Waals surface area contributed by atoms with Gasteiger partial charge in [0, 0.05) is 23.8 Å². The molecule has 0 saturated carbocycles. The highest BCUT2D eigenvalue weighted by molar-refractivity contribution is 6.31. The maximum Gasteiger partial charge on any atom is 0.240 e. The molecule has 1 saturated heterocycles. The van der Waals surface area contributed by atoms with E-state index in [4.69, 9.17) is 17.3 Å². The number of benzene rings is 1. The highest BCUT2D eigenvalue weighted by Gasteiger charge is 2.29. The van der Waals surface area contributed by atoms with Crippen molar-refractivity contribution >= 4 is 23.2 Å². The number of nitrogens with two attached hydrogens (primary N) is 1. The molecule has 5 heteroatoms. The van der Waals surface area contributed by atoms with Crippen LogP contribution in [0.5, 0.6) is 0 Å². The molecule has 1 amide bonds. The first-order valence-electron chi connectivity index (χ1n) is 7.18. The minimum absolute atomic E-state index is 0.199. The topological polar surface area (TPSA) is 58.4 Å². The molecule has 1 atom stereocenters. The molecule has 0 aliphatic carbocycles. The summed E-state index contributed by atoms with van der Waals surface area (Å²) in [6, 6.07) is 5.79. The Morgan fingerprint density at radius 1 is 1.55 bits per heavy atom. The summed E-state index contributed by atoms with van der Waals surface area (Å²) in [6.07, 6.45) is 2.92. The SMILES string of the molecule is CCCNCc1ccc(N2CCCC2C(N)=O)cc1Cl. The third-order valence-electron chi connectivity index (χ3n) is 3.69. The zero-order valence-corrected chi connectivity index (χ0v) is 12.6. The average Bonchev–Trinajstić information content (AvgIpc) is 2.90. The van der Waals surface area contributed by atoms with Gasteiger partial charge in [0.05, 0.1) is 0 Å². The van der Waals surface area contributed by atoms with Crippen LogP contribution in [0.1, 0.15) is 31.7 Å². The van der Waals surface area contributed by atoms with Gasteiger partial charge in [-0.15, -0.1) is 0 Å². The van der Waals surface area contributed by atoms with E-state index >= 15 is 0 Å². The Morgan fingerprint density at radius 3 is 3.00 bits per heavy atom. The van der Waals surface area contributed by atoms with Crippen LogP contribution in [0.15, 0.2) is 18.2 Å². The summed E-state index contributed by atoms with van der Waals surface area (Å²) in [5, 5.41) is 4.07. The van der Waals surface area contributed by atoms with E-state index in [2.05, 4.69) is 17.1 Å². The summed E-state index contributed by atoms with van der Waals surface area (Å²) in [5.74, 6) is -0.257. The van der Waals surface area contributed by atoms with Gasteiger partial charge in [-0.25, -0.2) is 0 Å². The van der Waals surface area contributed by atoms with Gasteiger partial charge in [0.25, 0.3) is 0 Å². The lowest BCUT2D eigenvalue weighted by Gasteiger charge is -2.25. The lowest BCUT2D eigenvalue weighted by Crippen LogP contribution is -2.40. The van der Waals surface area contributed by atoms with Crippen molar-refractivity contribution in [1.29, 1.82) is 0 Å². The predicted octanol–water partition coefficient (Wildman–Crippen LogP) is 2.29. The van der Waals surface area contributed by atoms with Gasteiger partial charge in [-0.2, -0.15) is 0 Å². The van der Waals surface area contributed by atoms with E-state index in [0.29, 0.717) is 0 Å². The molecule has 1 unspecified atom stereocenters. The lowest BCUT2D eigenvalue weighted by molar-refractivity contribution is -0.119. The number of amides is 1. The zero-order chi connectivity index (χ0) is 14.5. The first kappa shape index (κ1) is 15.1. The Kier molecular flexibility index (Phi) is 5.26. The normalized spacial score (nSPS) is 18.5. The largest absolute Gasteiger partial charge is 0.368 e. The van der Waals surface area contributed by atoms with E-state index < -0.39 is 0 Å². The second kappa shape index (κ2) is 6.95. The molecule has 20 heavy (non-hydrogen) atoms. The van der Waals surface area contributed by atoms with Crippen LogP contribution in [-0.4, -0.2) is 25.0 Å². The van der Waals surface area contributed by atoms with E-state index in [9.17, 15) is 4.79 Å². The van der Waals surface area contributed by atoms with Crippen LogP contribution in [0, 0.1) is 0 Å². The van der Waals surface area contributed by atoms with Gasteiger partial charge in [-0.3, -0.25) is 4.79 Å². The molecule has 1 aliphatic rings. The fourth-order valence-electron chi connectivity index (χ4n) is 2.63. The number of hydrogen-bond acceptors (Lipinski definition) is 3. The second-order valence-corrected chi connectivity index (χ2v) is 5.61. The number of hydrogen-bond donors (Lipinski definition) is 2. The van der Waals surface area contributed by atoms with Crippen LogP contribution in [-0.2, 0) is 11.3 Å². The Morgan fingerprint density at radius 2 is 2.35 bits per heavy atom. The van der Waals surface area contributed by atoms with Crippen LogP contribution < -0.4 is 16.0 Å². The summed E-state index contributed by atoms with van der Waals surface area (Å²) < 4.78 is 0. The van der Waals surface area contributed by atoms with Crippen molar-refractivity contribution < 1.29 is 4.79 Å². The van der Waals surface area contributed by atoms with Gasteiger partial charge in [0.1, 0.15) is 6.04 Å². The van der Waals surface area contributed by atoms with Gasteiger partial charge < -0.3 is 16.0 Å². The molecule has 3 N–H and O–H groups in total. The predicted molar refractivity (Wildman–Crippen MR) is 83.0 cm³/mol. The molecule has 0 radical (unpaired) electrons. The van der Waals surface area contributed by atoms with Crippen molar-refractivity contribution in [1.82, 2.24) is 5.32 Å². The van der Waals surface area contributed by atoms with Crippen LogP contribution in [0.25, 0.3) is 0 Å². The van der Waals surface area contributed by atoms with Crippen molar-refractivity contribution in [3.8, 4) is 0 Å². The summed E-state index contributed by atoms with van der Waals surface area (Å²) >= 11 is 6.33. The van der Waals surface area contributed by atoms with E-state index in [1.807, 2.05) is 18.2 Å². The van der Waals surface area contributed by atoms with Crippen molar-refractivity contribution in [2.24, 2.45) is 5.73 Å². The Hall–Kier alpha value is -1.26. The molecular formula is C15H22ClN3O. The van der Waals surface area contributed by atoms with Crippen molar-refractivity contribution in [3.63, 3.8) is 0 Å². The quantitative estimate of drug-likeness (QED) is 0.792. The van der Waals surface area contributed by atoms with Gasteiger partial charge >= 0.3 is 0 Å². The number of carbonyl (C=O) groups is 1. The molecule has 110 valence electrons. The first-order valence-corrected chi connectivity index (χ1v) is 7.56. The van der Waals surface area contributed by atoms with Crippen molar-refractivity contribution in [3.05, 3.63) is 28.8 Å². The molecule has 0 bridgehead atoms. The average molecular weight is 296 g/mol. The number of nitrogens with one attached hydrogen (secondary N) is 1. The minimum atomic E-state index is -0.257. The molecule has 1 aromatic carbocycles. The van der Waals surface area contributed by atoms with Crippen LogP contribution in [0.4, 0.5) is 5.69 Å². The fourth-order valence-corrected chi connectivity index (χ4v) is 2.87. The third kappa shape index (κ3) is 3.44. The van der Waals surface area contributed by atoms with E-state index in [-0.39, 0.29) is 11.9 Å². The molecule has 1 fully saturated rings. The lowest BCUT2D eigenvalue weighted by atomic mass is 10.1. The monoisotopic (exact) mass is 295 g/mol. The number of anilines is 1. The number of halogens is 1. The third-order valence-corrected chi connectivity index (χ3v) is 4.04. The molecule has 1 aliphatic heterocycles. The van der Waals surface area contributed by atoms with Crippen LogP contribution in [0.2, 0.25) is 5.02 Å². The molecular weight excluding hydrogens is 274 g/mol. The van der Waals surface area contributed by atoms with Crippen LogP contribution in [0.3, 0.4) is 0 Å². The van der Waals surface area contributed by atoms with E-state index in [1.165, 1.54) is 0 Å².